The zero-order valence-electron chi connectivity index (χ0n) is 16.5. The van der Waals surface area contributed by atoms with Gasteiger partial charge in [-0.2, -0.15) is 0 Å². The molecule has 0 unspecified atom stereocenters. The highest BCUT2D eigenvalue weighted by Gasteiger charge is 2.13. The van der Waals surface area contributed by atoms with Crippen LogP contribution in [0.25, 0.3) is 6.08 Å². The number of aromatic nitrogens is 1. The normalized spacial score (nSPS) is 11.0. The SMILES string of the molecule is Cc1cc(C)cc(C(=O)c2cccn2CC=Cc2cccc(OCC(=O)O)c2)c1. The largest absolute Gasteiger partial charge is 0.482 e. The summed E-state index contributed by atoms with van der Waals surface area (Å²) < 4.78 is 7.10. The molecule has 0 aliphatic rings. The average Bonchev–Trinajstić information content (AvgIpc) is 3.14. The Bertz CT molecular complexity index is 1040. The Kier molecular flexibility index (Phi) is 6.29. The summed E-state index contributed by atoms with van der Waals surface area (Å²) in [6.45, 7) is 4.14. The van der Waals surface area contributed by atoms with Crippen LogP contribution in [0.4, 0.5) is 0 Å². The number of ketones is 1. The third-order valence-corrected chi connectivity index (χ3v) is 4.38. The monoisotopic (exact) mass is 389 g/mol. The third-order valence-electron chi connectivity index (χ3n) is 4.38. The Morgan fingerprint density at radius 2 is 1.79 bits per heavy atom. The maximum atomic E-state index is 12.9. The molecule has 0 saturated heterocycles. The molecule has 0 aliphatic heterocycles. The zero-order chi connectivity index (χ0) is 20.8. The van der Waals surface area contributed by atoms with E-state index in [4.69, 9.17) is 9.84 Å². The van der Waals surface area contributed by atoms with Crippen molar-refractivity contribution < 1.29 is 19.4 Å². The molecule has 1 heterocycles. The van der Waals surface area contributed by atoms with Gasteiger partial charge in [0.1, 0.15) is 5.75 Å². The first-order valence-electron chi connectivity index (χ1n) is 9.32. The van der Waals surface area contributed by atoms with E-state index in [9.17, 15) is 9.59 Å². The molecule has 3 rings (SSSR count). The van der Waals surface area contributed by atoms with Crippen LogP contribution in [0.3, 0.4) is 0 Å². The zero-order valence-corrected chi connectivity index (χ0v) is 16.5. The van der Waals surface area contributed by atoms with E-state index in [1.807, 2.05) is 79.2 Å². The summed E-state index contributed by atoms with van der Waals surface area (Å²) in [5.74, 6) is -0.514. The van der Waals surface area contributed by atoms with Gasteiger partial charge in [-0.3, -0.25) is 4.79 Å². The minimum Gasteiger partial charge on any atom is -0.482 e. The molecule has 0 atom stereocenters. The molecule has 0 spiro atoms. The maximum absolute atomic E-state index is 12.9. The number of hydrogen-bond acceptors (Lipinski definition) is 3. The summed E-state index contributed by atoms with van der Waals surface area (Å²) >= 11 is 0. The fourth-order valence-corrected chi connectivity index (χ4v) is 3.19. The van der Waals surface area contributed by atoms with Crippen molar-refractivity contribution in [3.05, 3.63) is 94.8 Å². The third kappa shape index (κ3) is 5.45. The van der Waals surface area contributed by atoms with Gasteiger partial charge >= 0.3 is 5.97 Å². The highest BCUT2D eigenvalue weighted by atomic mass is 16.5. The molecule has 0 fully saturated rings. The van der Waals surface area contributed by atoms with Crippen molar-refractivity contribution >= 4 is 17.8 Å². The van der Waals surface area contributed by atoms with E-state index in [2.05, 4.69) is 0 Å². The number of hydrogen-bond donors (Lipinski definition) is 1. The Labute approximate surface area is 169 Å². The Balaban J connectivity index is 1.71. The van der Waals surface area contributed by atoms with Crippen LogP contribution in [-0.4, -0.2) is 28.0 Å². The summed E-state index contributed by atoms with van der Waals surface area (Å²) in [6, 6.07) is 16.8. The van der Waals surface area contributed by atoms with Gasteiger partial charge < -0.3 is 14.4 Å². The highest BCUT2D eigenvalue weighted by Crippen LogP contribution is 2.17. The van der Waals surface area contributed by atoms with E-state index in [1.165, 1.54) is 0 Å². The summed E-state index contributed by atoms with van der Waals surface area (Å²) in [5.41, 5.74) is 4.35. The molecule has 1 aromatic heterocycles. The fraction of sp³-hybridized carbons (Fsp3) is 0.167. The van der Waals surface area contributed by atoms with Crippen LogP contribution in [0.5, 0.6) is 5.75 Å². The van der Waals surface area contributed by atoms with E-state index in [1.54, 1.807) is 12.1 Å². The first-order valence-corrected chi connectivity index (χ1v) is 9.32. The molecule has 148 valence electrons. The summed E-state index contributed by atoms with van der Waals surface area (Å²) in [7, 11) is 0. The average molecular weight is 389 g/mol. The van der Waals surface area contributed by atoms with E-state index in [-0.39, 0.29) is 12.4 Å². The quantitative estimate of drug-likeness (QED) is 0.576. The number of carbonyl (C=O) groups is 2. The second-order valence-corrected chi connectivity index (χ2v) is 6.91. The predicted octanol–water partition coefficient (Wildman–Crippen LogP) is 4.51. The van der Waals surface area contributed by atoms with Gasteiger partial charge in [-0.1, -0.05) is 41.5 Å². The van der Waals surface area contributed by atoms with Crippen molar-refractivity contribution in [2.45, 2.75) is 20.4 Å². The van der Waals surface area contributed by atoms with E-state index in [0.717, 1.165) is 16.7 Å². The van der Waals surface area contributed by atoms with Gasteiger partial charge in [0, 0.05) is 18.3 Å². The van der Waals surface area contributed by atoms with Crippen molar-refractivity contribution in [3.63, 3.8) is 0 Å². The highest BCUT2D eigenvalue weighted by molar-refractivity contribution is 6.08. The van der Waals surface area contributed by atoms with E-state index in [0.29, 0.717) is 23.6 Å². The number of aryl methyl sites for hydroxylation is 2. The lowest BCUT2D eigenvalue weighted by molar-refractivity contribution is -0.139. The van der Waals surface area contributed by atoms with Gasteiger partial charge in [0.05, 0.1) is 5.69 Å². The van der Waals surface area contributed by atoms with Gasteiger partial charge in [0.2, 0.25) is 5.78 Å². The number of benzene rings is 2. The van der Waals surface area contributed by atoms with Crippen molar-refractivity contribution in [1.82, 2.24) is 4.57 Å². The molecule has 0 bridgehead atoms. The molecule has 3 aromatic rings. The standard InChI is InChI=1S/C24H23NO4/c1-17-12-18(2)14-20(13-17)24(28)22-9-5-11-25(22)10-4-7-19-6-3-8-21(15-19)29-16-23(26)27/h3-9,11-15H,10,16H2,1-2H3,(H,26,27). The van der Waals surface area contributed by atoms with Crippen LogP contribution in [0.1, 0.15) is 32.7 Å². The molecule has 5 heteroatoms. The number of carboxylic acid groups (broad SMARTS) is 1. The Morgan fingerprint density at radius 1 is 1.03 bits per heavy atom. The topological polar surface area (TPSA) is 68.5 Å². The van der Waals surface area contributed by atoms with Crippen LogP contribution >= 0.6 is 0 Å². The van der Waals surface area contributed by atoms with Crippen molar-refractivity contribution in [1.29, 1.82) is 0 Å². The maximum Gasteiger partial charge on any atom is 0.341 e. The van der Waals surface area contributed by atoms with Crippen LogP contribution in [0.15, 0.2) is 66.9 Å². The number of nitrogens with zero attached hydrogens (tertiary/aromatic N) is 1. The second kappa shape index (κ2) is 9.06. The smallest absolute Gasteiger partial charge is 0.341 e. The van der Waals surface area contributed by atoms with Crippen LogP contribution in [0.2, 0.25) is 0 Å². The molecular weight excluding hydrogens is 366 g/mol. The molecule has 2 aromatic carbocycles. The van der Waals surface area contributed by atoms with Crippen molar-refractivity contribution in [2.75, 3.05) is 6.61 Å². The summed E-state index contributed by atoms with van der Waals surface area (Å²) in [6.07, 6.45) is 5.75. The summed E-state index contributed by atoms with van der Waals surface area (Å²) in [4.78, 5) is 23.5. The minimum atomic E-state index is -1.01. The van der Waals surface area contributed by atoms with E-state index >= 15 is 0 Å². The predicted molar refractivity (Wildman–Crippen MR) is 112 cm³/mol. The van der Waals surface area contributed by atoms with Crippen LogP contribution < -0.4 is 4.74 Å². The van der Waals surface area contributed by atoms with Crippen molar-refractivity contribution in [3.8, 4) is 5.75 Å². The minimum absolute atomic E-state index is 0.000678. The van der Waals surface area contributed by atoms with Gasteiger partial charge in [-0.15, -0.1) is 0 Å². The second-order valence-electron chi connectivity index (χ2n) is 6.91. The number of allylic oxidation sites excluding steroid dienone is 1. The van der Waals surface area contributed by atoms with E-state index < -0.39 is 5.97 Å². The molecule has 5 nitrogen and oxygen atoms in total. The summed E-state index contributed by atoms with van der Waals surface area (Å²) in [5, 5.41) is 8.71. The molecular formula is C24H23NO4. The lowest BCUT2D eigenvalue weighted by Crippen LogP contribution is -2.09. The first kappa shape index (κ1) is 20.1. The number of rotatable bonds is 8. The molecule has 0 aliphatic carbocycles. The van der Waals surface area contributed by atoms with Crippen LogP contribution in [0, 0.1) is 13.8 Å². The van der Waals surface area contributed by atoms with Gasteiger partial charge in [-0.05, 0) is 55.8 Å². The molecule has 0 saturated carbocycles. The number of aliphatic carboxylic acids is 1. The van der Waals surface area contributed by atoms with Gasteiger partial charge in [-0.25, -0.2) is 4.79 Å². The Hall–Kier alpha value is -3.60. The van der Waals surface area contributed by atoms with Crippen LogP contribution in [-0.2, 0) is 11.3 Å². The fourth-order valence-electron chi connectivity index (χ4n) is 3.19. The molecule has 29 heavy (non-hydrogen) atoms. The van der Waals surface area contributed by atoms with Gasteiger partial charge in [0.15, 0.2) is 6.61 Å². The van der Waals surface area contributed by atoms with Crippen molar-refractivity contribution in [2.24, 2.45) is 0 Å². The molecule has 0 radical (unpaired) electrons. The molecule has 0 amide bonds. The lowest BCUT2D eigenvalue weighted by Gasteiger charge is -2.08. The number of carbonyl (C=O) groups excluding carboxylic acids is 1. The molecule has 1 N–H and O–H groups in total. The number of ether oxygens (including phenoxy) is 1. The number of carboxylic acids is 1. The van der Waals surface area contributed by atoms with Gasteiger partial charge in [0.25, 0.3) is 0 Å². The Morgan fingerprint density at radius 3 is 2.52 bits per heavy atom. The first-order chi connectivity index (χ1) is 13.9. The lowest BCUT2D eigenvalue weighted by atomic mass is 10.0.